The van der Waals surface area contributed by atoms with E-state index in [2.05, 4.69) is 41.0 Å². The normalized spacial score (nSPS) is 11.1. The van der Waals surface area contributed by atoms with E-state index >= 15 is 0 Å². The maximum Gasteiger partial charge on any atom is 0.123 e. The first kappa shape index (κ1) is 22.3. The van der Waals surface area contributed by atoms with Crippen LogP contribution in [0.2, 0.25) is 0 Å². The van der Waals surface area contributed by atoms with Gasteiger partial charge in [0.25, 0.3) is 0 Å². The summed E-state index contributed by atoms with van der Waals surface area (Å²) < 4.78 is 17.9. The zero-order chi connectivity index (χ0) is 26.7. The highest BCUT2D eigenvalue weighted by molar-refractivity contribution is 6.19. The highest BCUT2D eigenvalue weighted by atomic mass is 19.1. The van der Waals surface area contributed by atoms with Gasteiger partial charge in [0.2, 0.25) is 0 Å². The van der Waals surface area contributed by atoms with Crippen LogP contribution in [0.5, 0.6) is 0 Å². The van der Waals surface area contributed by atoms with Gasteiger partial charge in [-0.2, -0.15) is 15.8 Å². The predicted molar refractivity (Wildman–Crippen MR) is 149 cm³/mol. The minimum atomic E-state index is -0.309. The van der Waals surface area contributed by atoms with E-state index in [4.69, 9.17) is 0 Å². The molecule has 7 aromatic rings. The van der Waals surface area contributed by atoms with Crippen molar-refractivity contribution in [2.45, 2.75) is 0 Å². The molecule has 0 aliphatic heterocycles. The molecule has 0 radical (unpaired) electrons. The maximum atomic E-state index is 13.8. The highest BCUT2D eigenvalue weighted by Gasteiger charge is 2.21. The van der Waals surface area contributed by atoms with Gasteiger partial charge in [-0.1, -0.05) is 36.4 Å². The number of benzene rings is 5. The van der Waals surface area contributed by atoms with Crippen LogP contribution in [0.1, 0.15) is 16.7 Å². The second-order valence-corrected chi connectivity index (χ2v) is 9.32. The summed E-state index contributed by atoms with van der Waals surface area (Å²) in [4.78, 5) is 0. The van der Waals surface area contributed by atoms with Crippen molar-refractivity contribution in [2.75, 3.05) is 0 Å². The maximum absolute atomic E-state index is 13.8. The summed E-state index contributed by atoms with van der Waals surface area (Å²) >= 11 is 0. The summed E-state index contributed by atoms with van der Waals surface area (Å²) in [6.07, 6.45) is 0. The third-order valence-corrected chi connectivity index (χ3v) is 7.25. The summed E-state index contributed by atoms with van der Waals surface area (Å²) in [6, 6.07) is 36.1. The smallest absolute Gasteiger partial charge is 0.123 e. The molecular weight excluding hydrogens is 485 g/mol. The molecule has 0 unspecified atom stereocenters. The monoisotopic (exact) mass is 501 g/mol. The van der Waals surface area contributed by atoms with Crippen LogP contribution in [0, 0.1) is 39.8 Å². The van der Waals surface area contributed by atoms with E-state index in [1.807, 2.05) is 47.0 Å². The Morgan fingerprint density at radius 2 is 1.05 bits per heavy atom. The molecule has 0 saturated carbocycles. The standard InChI is InChI=1S/C33H16FN5/c34-23-9-11-24(12-10-23)38-29-7-3-1-5-25(29)27-15-28-26-6-2-4-8-30(26)39(32(28)16-31(27)38)33-21(18-36)13-20(17-35)14-22(33)19-37/h1-16H. The van der Waals surface area contributed by atoms with Gasteiger partial charge in [-0.3, -0.25) is 0 Å². The first-order valence-corrected chi connectivity index (χ1v) is 12.2. The third kappa shape index (κ3) is 3.15. The van der Waals surface area contributed by atoms with E-state index < -0.39 is 0 Å². The number of halogens is 1. The van der Waals surface area contributed by atoms with Crippen LogP contribution < -0.4 is 0 Å². The van der Waals surface area contributed by atoms with Crippen molar-refractivity contribution >= 4 is 43.6 Å². The van der Waals surface area contributed by atoms with Crippen molar-refractivity contribution in [3.8, 4) is 29.6 Å². The number of para-hydroxylation sites is 2. The lowest BCUT2D eigenvalue weighted by molar-refractivity contribution is 0.627. The molecule has 2 aromatic heterocycles. The van der Waals surface area contributed by atoms with Crippen LogP contribution in [0.4, 0.5) is 4.39 Å². The van der Waals surface area contributed by atoms with Crippen molar-refractivity contribution in [3.05, 3.63) is 120 Å². The highest BCUT2D eigenvalue weighted by Crippen LogP contribution is 2.40. The Hall–Kier alpha value is -5.90. The molecule has 6 heteroatoms. The SMILES string of the molecule is N#Cc1cc(C#N)c(-n2c3ccccc3c3cc4c5ccccc5n(-c5ccc(F)cc5)c4cc32)c(C#N)c1. The lowest BCUT2D eigenvalue weighted by Crippen LogP contribution is -2.02. The molecule has 5 aromatic carbocycles. The minimum Gasteiger partial charge on any atom is -0.309 e. The van der Waals surface area contributed by atoms with Gasteiger partial charge in [0, 0.05) is 27.2 Å². The molecule has 0 aliphatic rings. The summed E-state index contributed by atoms with van der Waals surface area (Å²) in [6.45, 7) is 0. The lowest BCUT2D eigenvalue weighted by Gasteiger charge is -2.13. The van der Waals surface area contributed by atoms with E-state index in [1.54, 1.807) is 12.1 Å². The molecule has 5 nitrogen and oxygen atoms in total. The number of hydrogen-bond donors (Lipinski definition) is 0. The van der Waals surface area contributed by atoms with Crippen LogP contribution >= 0.6 is 0 Å². The lowest BCUT2D eigenvalue weighted by atomic mass is 10.0. The number of rotatable bonds is 2. The Bertz CT molecular complexity index is 2230. The quantitative estimate of drug-likeness (QED) is 0.244. The Balaban J connectivity index is 1.70. The van der Waals surface area contributed by atoms with E-state index in [0.717, 1.165) is 49.3 Å². The summed E-state index contributed by atoms with van der Waals surface area (Å²) in [7, 11) is 0. The van der Waals surface area contributed by atoms with Crippen molar-refractivity contribution in [2.24, 2.45) is 0 Å². The summed E-state index contributed by atoms with van der Waals surface area (Å²) in [5.74, 6) is -0.309. The van der Waals surface area contributed by atoms with Crippen molar-refractivity contribution < 1.29 is 4.39 Å². The van der Waals surface area contributed by atoms with Crippen molar-refractivity contribution in [1.82, 2.24) is 9.13 Å². The molecule has 0 bridgehead atoms. The zero-order valence-electron chi connectivity index (χ0n) is 20.4. The van der Waals surface area contributed by atoms with E-state index in [0.29, 0.717) is 5.69 Å². The predicted octanol–water partition coefficient (Wildman–Crippen LogP) is 7.63. The first-order valence-electron chi connectivity index (χ1n) is 12.2. The molecule has 39 heavy (non-hydrogen) atoms. The Morgan fingerprint density at radius 1 is 0.513 bits per heavy atom. The molecule has 0 aliphatic carbocycles. The Morgan fingerprint density at radius 3 is 1.62 bits per heavy atom. The molecule has 0 saturated heterocycles. The number of nitriles is 3. The summed E-state index contributed by atoms with van der Waals surface area (Å²) in [5, 5.41) is 33.7. The van der Waals surface area contributed by atoms with Gasteiger partial charge in [-0.05, 0) is 60.7 Å². The van der Waals surface area contributed by atoms with Gasteiger partial charge in [0.15, 0.2) is 0 Å². The average Bonchev–Trinajstić information content (AvgIpc) is 3.47. The second-order valence-electron chi connectivity index (χ2n) is 9.32. The second kappa shape index (κ2) is 8.32. The topological polar surface area (TPSA) is 81.2 Å². The first-order chi connectivity index (χ1) is 19.1. The fraction of sp³-hybridized carbons (Fsp3) is 0. The van der Waals surface area contributed by atoms with Gasteiger partial charge in [-0.15, -0.1) is 0 Å². The van der Waals surface area contributed by atoms with Crippen molar-refractivity contribution in [1.29, 1.82) is 15.8 Å². The third-order valence-electron chi connectivity index (χ3n) is 7.25. The summed E-state index contributed by atoms with van der Waals surface area (Å²) in [5.41, 5.74) is 5.54. The molecule has 0 N–H and O–H groups in total. The van der Waals surface area contributed by atoms with Gasteiger partial charge < -0.3 is 9.13 Å². The number of nitrogens with zero attached hydrogens (tertiary/aromatic N) is 5. The Labute approximate surface area is 222 Å². The largest absolute Gasteiger partial charge is 0.309 e. The fourth-order valence-corrected chi connectivity index (χ4v) is 5.65. The molecule has 0 amide bonds. The van der Waals surface area contributed by atoms with E-state index in [9.17, 15) is 20.2 Å². The zero-order valence-corrected chi connectivity index (χ0v) is 20.4. The van der Waals surface area contributed by atoms with Gasteiger partial charge in [-0.25, -0.2) is 4.39 Å². The van der Waals surface area contributed by atoms with E-state index in [1.165, 1.54) is 24.3 Å². The van der Waals surface area contributed by atoms with Crippen LogP contribution in [0.15, 0.2) is 97.1 Å². The number of aromatic nitrogens is 2. The fourth-order valence-electron chi connectivity index (χ4n) is 5.65. The molecule has 180 valence electrons. The van der Waals surface area contributed by atoms with Crippen LogP contribution in [-0.2, 0) is 0 Å². The van der Waals surface area contributed by atoms with Crippen LogP contribution in [-0.4, -0.2) is 9.13 Å². The van der Waals surface area contributed by atoms with Gasteiger partial charge in [0.05, 0.1) is 50.5 Å². The number of fused-ring (bicyclic) bond motifs is 6. The molecule has 0 spiro atoms. The Kier molecular flexibility index (Phi) is 4.76. The van der Waals surface area contributed by atoms with Crippen molar-refractivity contribution in [3.63, 3.8) is 0 Å². The van der Waals surface area contributed by atoms with Gasteiger partial charge in [0.1, 0.15) is 18.0 Å². The molecule has 2 heterocycles. The average molecular weight is 502 g/mol. The van der Waals surface area contributed by atoms with Crippen LogP contribution in [0.3, 0.4) is 0 Å². The minimum absolute atomic E-state index is 0.243. The molecule has 0 fully saturated rings. The molecule has 0 atom stereocenters. The molecular formula is C33H16FN5. The number of hydrogen-bond acceptors (Lipinski definition) is 3. The van der Waals surface area contributed by atoms with Crippen LogP contribution in [0.25, 0.3) is 55.0 Å². The van der Waals surface area contributed by atoms with E-state index in [-0.39, 0.29) is 22.5 Å². The van der Waals surface area contributed by atoms with Gasteiger partial charge >= 0.3 is 0 Å². The molecule has 7 rings (SSSR count).